The van der Waals surface area contributed by atoms with Gasteiger partial charge in [0.05, 0.1) is 0 Å². The lowest BCUT2D eigenvalue weighted by molar-refractivity contribution is 0.222. The van der Waals surface area contributed by atoms with Crippen LogP contribution in [0.4, 0.5) is 10.5 Å². The van der Waals surface area contributed by atoms with Gasteiger partial charge in [-0.2, -0.15) is 0 Å². The number of benzene rings is 1. The summed E-state index contributed by atoms with van der Waals surface area (Å²) >= 11 is 0. The van der Waals surface area contributed by atoms with Crippen LogP contribution in [-0.4, -0.2) is 31.6 Å². The summed E-state index contributed by atoms with van der Waals surface area (Å²) in [5, 5.41) is 6.09. The molecule has 19 heavy (non-hydrogen) atoms. The molecule has 0 fully saturated rings. The second kappa shape index (κ2) is 7.79. The molecule has 0 aliphatic rings. The fourth-order valence-corrected chi connectivity index (χ4v) is 1.74. The number of rotatable bonds is 6. The first-order valence-corrected chi connectivity index (χ1v) is 6.87. The number of anilines is 1. The van der Waals surface area contributed by atoms with Crippen molar-refractivity contribution in [2.75, 3.05) is 26.0 Å². The Labute approximate surface area is 116 Å². The van der Waals surface area contributed by atoms with Crippen LogP contribution in [0.1, 0.15) is 38.3 Å². The number of carbonyl (C=O) groups excluding carboxylic acids is 1. The van der Waals surface area contributed by atoms with E-state index < -0.39 is 0 Å². The molecule has 2 N–H and O–H groups in total. The number of nitrogens with zero attached hydrogens (tertiary/aromatic N) is 1. The van der Waals surface area contributed by atoms with E-state index in [9.17, 15) is 4.79 Å². The van der Waals surface area contributed by atoms with E-state index in [1.165, 1.54) is 5.56 Å². The van der Waals surface area contributed by atoms with Crippen molar-refractivity contribution in [1.29, 1.82) is 0 Å². The average molecular weight is 263 g/mol. The van der Waals surface area contributed by atoms with Crippen molar-refractivity contribution in [3.63, 3.8) is 0 Å². The van der Waals surface area contributed by atoms with Gasteiger partial charge in [-0.1, -0.05) is 25.5 Å². The van der Waals surface area contributed by atoms with Gasteiger partial charge in [0.1, 0.15) is 0 Å². The van der Waals surface area contributed by atoms with Crippen LogP contribution in [-0.2, 0) is 0 Å². The van der Waals surface area contributed by atoms with Crippen LogP contribution >= 0.6 is 0 Å². The first kappa shape index (κ1) is 15.5. The maximum atomic E-state index is 11.9. The van der Waals surface area contributed by atoms with E-state index in [0.717, 1.165) is 25.1 Å². The van der Waals surface area contributed by atoms with Crippen LogP contribution in [0.15, 0.2) is 24.3 Å². The van der Waals surface area contributed by atoms with Crippen LogP contribution in [0.3, 0.4) is 0 Å². The summed E-state index contributed by atoms with van der Waals surface area (Å²) in [5.74, 6) is 0. The van der Waals surface area contributed by atoms with Crippen LogP contribution in [0.5, 0.6) is 0 Å². The number of hydrogen-bond acceptors (Lipinski definition) is 2. The van der Waals surface area contributed by atoms with Crippen molar-refractivity contribution in [1.82, 2.24) is 10.2 Å². The molecule has 0 aliphatic carbocycles. The lowest BCUT2D eigenvalue weighted by Crippen LogP contribution is -2.32. The van der Waals surface area contributed by atoms with Crippen LogP contribution in [0.2, 0.25) is 0 Å². The van der Waals surface area contributed by atoms with E-state index >= 15 is 0 Å². The van der Waals surface area contributed by atoms with Crippen LogP contribution in [0, 0.1) is 0 Å². The van der Waals surface area contributed by atoms with Gasteiger partial charge in [-0.05, 0) is 38.1 Å². The Morgan fingerprint density at radius 1 is 1.32 bits per heavy atom. The third kappa shape index (κ3) is 4.91. The lowest BCUT2D eigenvalue weighted by Gasteiger charge is -2.18. The minimum absolute atomic E-state index is 0.0529. The van der Waals surface area contributed by atoms with Crippen LogP contribution in [0.25, 0.3) is 0 Å². The van der Waals surface area contributed by atoms with E-state index in [2.05, 4.69) is 24.5 Å². The fraction of sp³-hybridized carbons (Fsp3) is 0.533. The average Bonchev–Trinajstić information content (AvgIpc) is 2.44. The molecule has 1 unspecified atom stereocenters. The molecule has 0 radical (unpaired) electrons. The van der Waals surface area contributed by atoms with Crippen molar-refractivity contribution in [3.05, 3.63) is 29.8 Å². The van der Waals surface area contributed by atoms with Gasteiger partial charge < -0.3 is 15.5 Å². The predicted octanol–water partition coefficient (Wildman–Crippen LogP) is 3.23. The fourth-order valence-electron chi connectivity index (χ4n) is 1.74. The van der Waals surface area contributed by atoms with Crippen LogP contribution < -0.4 is 10.6 Å². The molecule has 2 amide bonds. The normalized spacial score (nSPS) is 12.0. The summed E-state index contributed by atoms with van der Waals surface area (Å²) in [6.07, 6.45) is 2.12. The molecule has 4 nitrogen and oxygen atoms in total. The number of amides is 2. The number of urea groups is 1. The molecule has 1 aromatic rings. The van der Waals surface area contributed by atoms with Gasteiger partial charge in [0.15, 0.2) is 0 Å². The minimum atomic E-state index is -0.0529. The summed E-state index contributed by atoms with van der Waals surface area (Å²) in [5.41, 5.74) is 2.04. The van der Waals surface area contributed by atoms with Crippen molar-refractivity contribution < 1.29 is 4.79 Å². The van der Waals surface area contributed by atoms with Gasteiger partial charge in [-0.15, -0.1) is 0 Å². The molecular formula is C15H25N3O. The predicted molar refractivity (Wildman–Crippen MR) is 80.5 cm³/mol. The molecule has 0 heterocycles. The summed E-state index contributed by atoms with van der Waals surface area (Å²) < 4.78 is 0. The largest absolute Gasteiger partial charge is 0.328 e. The molecule has 0 bridgehead atoms. The summed E-state index contributed by atoms with van der Waals surface area (Å²) in [4.78, 5) is 13.6. The standard InChI is InChI=1S/C15H25N3O/c1-5-6-11-18(4)15(19)17-14-9-7-13(8-10-14)12(2)16-3/h7-10,12,16H,5-6,11H2,1-4H3,(H,17,19). The second-order valence-electron chi connectivity index (χ2n) is 4.84. The Balaban J connectivity index is 2.55. The molecule has 0 saturated carbocycles. The SMILES string of the molecule is CCCCN(C)C(=O)Nc1ccc(C(C)NC)cc1. The number of unbranched alkanes of at least 4 members (excludes halogenated alkanes) is 1. The first-order chi connectivity index (χ1) is 9.08. The molecule has 0 aliphatic heterocycles. The Morgan fingerprint density at radius 3 is 2.47 bits per heavy atom. The van der Waals surface area contributed by atoms with E-state index in [4.69, 9.17) is 0 Å². The van der Waals surface area contributed by atoms with Gasteiger partial charge >= 0.3 is 6.03 Å². The monoisotopic (exact) mass is 263 g/mol. The quantitative estimate of drug-likeness (QED) is 0.827. The Hall–Kier alpha value is -1.55. The van der Waals surface area contributed by atoms with E-state index in [-0.39, 0.29) is 6.03 Å². The van der Waals surface area contributed by atoms with E-state index in [0.29, 0.717) is 6.04 Å². The molecule has 1 rings (SSSR count). The number of carbonyl (C=O) groups is 1. The molecule has 0 spiro atoms. The zero-order chi connectivity index (χ0) is 14.3. The highest BCUT2D eigenvalue weighted by atomic mass is 16.2. The Kier molecular flexibility index (Phi) is 6.36. The highest BCUT2D eigenvalue weighted by molar-refractivity contribution is 5.89. The third-order valence-electron chi connectivity index (χ3n) is 3.29. The summed E-state index contributed by atoms with van der Waals surface area (Å²) in [7, 11) is 3.76. The van der Waals surface area contributed by atoms with Gasteiger partial charge in [0, 0.05) is 25.3 Å². The Bertz CT molecular complexity index is 389. The molecule has 0 saturated heterocycles. The minimum Gasteiger partial charge on any atom is -0.328 e. The number of nitrogens with one attached hydrogen (secondary N) is 2. The van der Waals surface area contributed by atoms with Crippen molar-refractivity contribution in [3.8, 4) is 0 Å². The third-order valence-corrected chi connectivity index (χ3v) is 3.29. The molecular weight excluding hydrogens is 238 g/mol. The zero-order valence-electron chi connectivity index (χ0n) is 12.4. The maximum Gasteiger partial charge on any atom is 0.321 e. The molecule has 106 valence electrons. The summed E-state index contributed by atoms with van der Waals surface area (Å²) in [6, 6.07) is 8.20. The maximum absolute atomic E-state index is 11.9. The van der Waals surface area contributed by atoms with Crippen molar-refractivity contribution in [2.45, 2.75) is 32.7 Å². The van der Waals surface area contributed by atoms with Gasteiger partial charge in [0.2, 0.25) is 0 Å². The van der Waals surface area contributed by atoms with Gasteiger partial charge in [0.25, 0.3) is 0 Å². The molecule has 1 atom stereocenters. The lowest BCUT2D eigenvalue weighted by atomic mass is 10.1. The van der Waals surface area contributed by atoms with Gasteiger partial charge in [-0.25, -0.2) is 4.79 Å². The Morgan fingerprint density at radius 2 is 1.95 bits per heavy atom. The number of hydrogen-bond donors (Lipinski definition) is 2. The van der Waals surface area contributed by atoms with E-state index in [1.54, 1.807) is 4.90 Å². The molecule has 0 aromatic heterocycles. The second-order valence-corrected chi connectivity index (χ2v) is 4.84. The smallest absolute Gasteiger partial charge is 0.321 e. The van der Waals surface area contributed by atoms with Crippen molar-refractivity contribution >= 4 is 11.7 Å². The van der Waals surface area contributed by atoms with Crippen molar-refractivity contribution in [2.24, 2.45) is 0 Å². The molecule has 4 heteroatoms. The van der Waals surface area contributed by atoms with Gasteiger partial charge in [-0.3, -0.25) is 0 Å². The summed E-state index contributed by atoms with van der Waals surface area (Å²) in [6.45, 7) is 5.01. The molecule has 1 aromatic carbocycles. The van der Waals surface area contributed by atoms with E-state index in [1.807, 2.05) is 38.4 Å². The first-order valence-electron chi connectivity index (χ1n) is 6.87. The zero-order valence-corrected chi connectivity index (χ0v) is 12.4. The highest BCUT2D eigenvalue weighted by Crippen LogP contribution is 2.15. The topological polar surface area (TPSA) is 44.4 Å². The highest BCUT2D eigenvalue weighted by Gasteiger charge is 2.08.